The van der Waals surface area contributed by atoms with Crippen molar-refractivity contribution in [2.45, 2.75) is 24.3 Å². The standard InChI is InChI=1S/C17H18N4S/c1-12-8-10-15(11-9-12)16-19-20-17(21(16)18)22-13(2)14-6-4-3-5-7-14/h3-11,13H,18H2,1-2H3. The molecule has 0 fully saturated rings. The summed E-state index contributed by atoms with van der Waals surface area (Å²) in [5.74, 6) is 6.85. The lowest BCUT2D eigenvalue weighted by Gasteiger charge is -2.10. The van der Waals surface area contributed by atoms with Gasteiger partial charge in [0.1, 0.15) is 0 Å². The molecule has 0 amide bonds. The molecule has 22 heavy (non-hydrogen) atoms. The summed E-state index contributed by atoms with van der Waals surface area (Å²) in [6.45, 7) is 4.19. The van der Waals surface area contributed by atoms with E-state index in [2.05, 4.69) is 36.2 Å². The Labute approximate surface area is 134 Å². The van der Waals surface area contributed by atoms with Gasteiger partial charge in [0.2, 0.25) is 5.16 Å². The van der Waals surface area contributed by atoms with Gasteiger partial charge in [-0.3, -0.25) is 0 Å². The van der Waals surface area contributed by atoms with Gasteiger partial charge in [0.05, 0.1) is 0 Å². The van der Waals surface area contributed by atoms with Crippen LogP contribution in [0.25, 0.3) is 11.4 Å². The number of nitrogens with zero attached hydrogens (tertiary/aromatic N) is 3. The molecule has 112 valence electrons. The minimum atomic E-state index is 0.263. The molecule has 0 radical (unpaired) electrons. The summed E-state index contributed by atoms with van der Waals surface area (Å²) in [5, 5.41) is 9.44. The number of hydrogen-bond donors (Lipinski definition) is 1. The van der Waals surface area contributed by atoms with E-state index in [4.69, 9.17) is 5.84 Å². The molecule has 3 aromatic rings. The maximum atomic E-state index is 6.17. The fraction of sp³-hybridized carbons (Fsp3) is 0.176. The molecule has 1 atom stereocenters. The largest absolute Gasteiger partial charge is 0.335 e. The van der Waals surface area contributed by atoms with Gasteiger partial charge in [-0.1, -0.05) is 71.9 Å². The maximum absolute atomic E-state index is 6.17. The number of aryl methyl sites for hydroxylation is 1. The highest BCUT2D eigenvalue weighted by atomic mass is 32.2. The molecule has 0 saturated carbocycles. The van der Waals surface area contributed by atoms with Gasteiger partial charge >= 0.3 is 0 Å². The van der Waals surface area contributed by atoms with Crippen LogP contribution in [-0.4, -0.2) is 14.9 Å². The smallest absolute Gasteiger partial charge is 0.210 e. The zero-order chi connectivity index (χ0) is 15.5. The highest BCUT2D eigenvalue weighted by molar-refractivity contribution is 7.99. The Morgan fingerprint density at radius 1 is 1.00 bits per heavy atom. The van der Waals surface area contributed by atoms with Crippen LogP contribution in [0, 0.1) is 6.92 Å². The first-order chi connectivity index (χ1) is 10.6. The van der Waals surface area contributed by atoms with Gasteiger partial charge in [-0.25, -0.2) is 4.68 Å². The predicted octanol–water partition coefficient (Wildman–Crippen LogP) is 3.82. The Morgan fingerprint density at radius 2 is 1.68 bits per heavy atom. The first-order valence-corrected chi connectivity index (χ1v) is 8.02. The van der Waals surface area contributed by atoms with Crippen molar-refractivity contribution < 1.29 is 0 Å². The van der Waals surface area contributed by atoms with Crippen LogP contribution in [0.15, 0.2) is 59.8 Å². The predicted molar refractivity (Wildman–Crippen MR) is 91.1 cm³/mol. The van der Waals surface area contributed by atoms with Crippen molar-refractivity contribution in [3.05, 3.63) is 65.7 Å². The molecule has 1 heterocycles. The molecule has 5 heteroatoms. The van der Waals surface area contributed by atoms with Crippen LogP contribution in [0.5, 0.6) is 0 Å². The molecule has 4 nitrogen and oxygen atoms in total. The number of aromatic nitrogens is 3. The molecule has 0 bridgehead atoms. The fourth-order valence-electron chi connectivity index (χ4n) is 2.21. The third kappa shape index (κ3) is 2.99. The summed E-state index contributed by atoms with van der Waals surface area (Å²) in [6, 6.07) is 18.4. The van der Waals surface area contributed by atoms with Crippen LogP contribution in [-0.2, 0) is 0 Å². The summed E-state index contributed by atoms with van der Waals surface area (Å²) in [5.41, 5.74) is 3.42. The van der Waals surface area contributed by atoms with E-state index in [0.29, 0.717) is 11.0 Å². The Bertz CT molecular complexity index is 750. The van der Waals surface area contributed by atoms with Crippen molar-refractivity contribution >= 4 is 11.8 Å². The quantitative estimate of drug-likeness (QED) is 0.588. The van der Waals surface area contributed by atoms with Gasteiger partial charge in [-0.05, 0) is 19.4 Å². The number of nitrogen functional groups attached to an aromatic ring is 1. The Balaban J connectivity index is 1.83. The van der Waals surface area contributed by atoms with Gasteiger partial charge < -0.3 is 5.84 Å². The van der Waals surface area contributed by atoms with E-state index >= 15 is 0 Å². The molecule has 2 N–H and O–H groups in total. The van der Waals surface area contributed by atoms with E-state index in [1.54, 1.807) is 16.4 Å². The van der Waals surface area contributed by atoms with Crippen LogP contribution in [0.4, 0.5) is 0 Å². The maximum Gasteiger partial charge on any atom is 0.210 e. The molecule has 1 unspecified atom stereocenters. The SMILES string of the molecule is Cc1ccc(-c2nnc(SC(C)c3ccccc3)n2N)cc1. The minimum absolute atomic E-state index is 0.263. The average molecular weight is 310 g/mol. The molecule has 3 rings (SSSR count). The van der Waals surface area contributed by atoms with Crippen molar-refractivity contribution in [1.29, 1.82) is 0 Å². The van der Waals surface area contributed by atoms with Gasteiger partial charge in [-0.15, -0.1) is 10.2 Å². The van der Waals surface area contributed by atoms with E-state index < -0.39 is 0 Å². The number of rotatable bonds is 4. The molecule has 0 aliphatic rings. The second-order valence-electron chi connectivity index (χ2n) is 5.21. The second kappa shape index (κ2) is 6.23. The van der Waals surface area contributed by atoms with E-state index in [1.807, 2.05) is 42.5 Å². The molecule has 2 aromatic carbocycles. The first kappa shape index (κ1) is 14.7. The van der Waals surface area contributed by atoms with E-state index in [0.717, 1.165) is 5.56 Å². The van der Waals surface area contributed by atoms with Crippen molar-refractivity contribution in [3.63, 3.8) is 0 Å². The van der Waals surface area contributed by atoms with Crippen LogP contribution < -0.4 is 5.84 Å². The third-order valence-corrected chi connectivity index (χ3v) is 4.64. The number of hydrogen-bond acceptors (Lipinski definition) is 4. The lowest BCUT2D eigenvalue weighted by molar-refractivity contribution is 0.844. The minimum Gasteiger partial charge on any atom is -0.335 e. The highest BCUT2D eigenvalue weighted by Gasteiger charge is 2.15. The third-order valence-electron chi connectivity index (χ3n) is 3.53. The molecular weight excluding hydrogens is 292 g/mol. The average Bonchev–Trinajstić information content (AvgIpc) is 2.90. The van der Waals surface area contributed by atoms with Gasteiger partial charge in [0.15, 0.2) is 5.82 Å². The fourth-order valence-corrected chi connectivity index (χ4v) is 3.10. The summed E-state index contributed by atoms with van der Waals surface area (Å²) in [7, 11) is 0. The summed E-state index contributed by atoms with van der Waals surface area (Å²) in [6.07, 6.45) is 0. The normalized spacial score (nSPS) is 12.3. The monoisotopic (exact) mass is 310 g/mol. The molecule has 0 spiro atoms. The van der Waals surface area contributed by atoms with Gasteiger partial charge in [0, 0.05) is 10.8 Å². The first-order valence-electron chi connectivity index (χ1n) is 7.14. The summed E-state index contributed by atoms with van der Waals surface area (Å²) in [4.78, 5) is 0. The number of benzene rings is 2. The molecule has 0 saturated heterocycles. The van der Waals surface area contributed by atoms with Crippen LogP contribution >= 0.6 is 11.8 Å². The number of nitrogens with two attached hydrogens (primary N) is 1. The molecule has 1 aromatic heterocycles. The lowest BCUT2D eigenvalue weighted by atomic mass is 10.1. The van der Waals surface area contributed by atoms with Crippen molar-refractivity contribution in [2.24, 2.45) is 0 Å². The van der Waals surface area contributed by atoms with Crippen LogP contribution in [0.3, 0.4) is 0 Å². The van der Waals surface area contributed by atoms with Crippen molar-refractivity contribution in [1.82, 2.24) is 14.9 Å². The molecular formula is C17H18N4S. The van der Waals surface area contributed by atoms with E-state index in [9.17, 15) is 0 Å². The summed E-state index contributed by atoms with van der Waals surface area (Å²) < 4.78 is 1.56. The molecule has 0 aliphatic heterocycles. The van der Waals surface area contributed by atoms with Crippen LogP contribution in [0.1, 0.15) is 23.3 Å². The second-order valence-corrected chi connectivity index (χ2v) is 6.52. The van der Waals surface area contributed by atoms with Gasteiger partial charge in [0.25, 0.3) is 0 Å². The Hall–Kier alpha value is -2.27. The summed E-state index contributed by atoms with van der Waals surface area (Å²) >= 11 is 1.61. The van der Waals surface area contributed by atoms with Crippen molar-refractivity contribution in [2.75, 3.05) is 5.84 Å². The zero-order valence-electron chi connectivity index (χ0n) is 12.6. The topological polar surface area (TPSA) is 56.7 Å². The van der Waals surface area contributed by atoms with Crippen molar-refractivity contribution in [3.8, 4) is 11.4 Å². The van der Waals surface area contributed by atoms with E-state index in [1.165, 1.54) is 11.1 Å². The Kier molecular flexibility index (Phi) is 4.15. The Morgan fingerprint density at radius 3 is 2.36 bits per heavy atom. The number of thioether (sulfide) groups is 1. The molecule has 0 aliphatic carbocycles. The van der Waals surface area contributed by atoms with E-state index in [-0.39, 0.29) is 5.25 Å². The zero-order valence-corrected chi connectivity index (χ0v) is 13.4. The lowest BCUT2D eigenvalue weighted by Crippen LogP contribution is -2.12. The highest BCUT2D eigenvalue weighted by Crippen LogP contribution is 2.34. The van der Waals surface area contributed by atoms with Crippen LogP contribution in [0.2, 0.25) is 0 Å². The van der Waals surface area contributed by atoms with Gasteiger partial charge in [-0.2, -0.15) is 0 Å².